The summed E-state index contributed by atoms with van der Waals surface area (Å²) in [4.78, 5) is 2.60. The predicted octanol–water partition coefficient (Wildman–Crippen LogP) is 4.33. The number of hydrogen-bond donors (Lipinski definition) is 1. The predicted molar refractivity (Wildman–Crippen MR) is 80.9 cm³/mol. The molecule has 0 fully saturated rings. The van der Waals surface area contributed by atoms with Crippen LogP contribution in [0.1, 0.15) is 51.0 Å². The highest BCUT2D eigenvalue weighted by Crippen LogP contribution is 2.36. The van der Waals surface area contributed by atoms with Crippen LogP contribution in [0.2, 0.25) is 0 Å². The van der Waals surface area contributed by atoms with E-state index in [1.165, 1.54) is 47.3 Å². The van der Waals surface area contributed by atoms with Crippen molar-refractivity contribution < 1.29 is 5.11 Å². The maximum atomic E-state index is 10.7. The fourth-order valence-corrected chi connectivity index (χ4v) is 4.13. The molecule has 2 heteroatoms. The number of thiophene rings is 1. The van der Waals surface area contributed by atoms with Crippen LogP contribution in [0.5, 0.6) is 0 Å². The molecule has 0 amide bonds. The first-order chi connectivity index (χ1) is 9.16. The van der Waals surface area contributed by atoms with Crippen LogP contribution in [0.4, 0.5) is 0 Å². The molecular formula is C17H20OS. The molecule has 1 N–H and O–H groups in total. The van der Waals surface area contributed by atoms with Crippen LogP contribution < -0.4 is 0 Å². The van der Waals surface area contributed by atoms with E-state index in [1.807, 2.05) is 12.1 Å². The maximum Gasteiger partial charge on any atom is 0.113 e. The third-order valence-electron chi connectivity index (χ3n) is 4.23. The Morgan fingerprint density at radius 1 is 1.16 bits per heavy atom. The highest BCUT2D eigenvalue weighted by atomic mass is 32.1. The molecule has 0 bridgehead atoms. The Morgan fingerprint density at radius 2 is 1.95 bits per heavy atom. The number of fused-ring (bicyclic) bond motifs is 1. The van der Waals surface area contributed by atoms with E-state index in [-0.39, 0.29) is 0 Å². The van der Waals surface area contributed by atoms with Gasteiger partial charge in [0.15, 0.2) is 0 Å². The summed E-state index contributed by atoms with van der Waals surface area (Å²) in [7, 11) is 0. The summed E-state index contributed by atoms with van der Waals surface area (Å²) in [5.74, 6) is 0. The van der Waals surface area contributed by atoms with E-state index in [1.54, 1.807) is 11.3 Å². The molecule has 0 saturated heterocycles. The van der Waals surface area contributed by atoms with Crippen LogP contribution >= 0.6 is 11.3 Å². The Balaban J connectivity index is 1.97. The van der Waals surface area contributed by atoms with Crippen molar-refractivity contribution in [2.24, 2.45) is 0 Å². The highest BCUT2D eigenvalue weighted by Gasteiger charge is 2.20. The van der Waals surface area contributed by atoms with Gasteiger partial charge in [0.2, 0.25) is 0 Å². The van der Waals surface area contributed by atoms with E-state index in [0.29, 0.717) is 0 Å². The van der Waals surface area contributed by atoms with E-state index < -0.39 is 6.10 Å². The summed E-state index contributed by atoms with van der Waals surface area (Å²) in [5.41, 5.74) is 4.98. The Bertz CT molecular complexity index is 574. The third kappa shape index (κ3) is 2.35. The second-order valence-corrected chi connectivity index (χ2v) is 6.66. The maximum absolute atomic E-state index is 10.7. The van der Waals surface area contributed by atoms with Gasteiger partial charge in [-0.15, -0.1) is 11.3 Å². The number of aliphatic hydroxyl groups is 1. The van der Waals surface area contributed by atoms with Crippen LogP contribution in [0, 0.1) is 13.8 Å². The van der Waals surface area contributed by atoms with Crippen molar-refractivity contribution in [1.82, 2.24) is 0 Å². The molecule has 1 aliphatic carbocycles. The fraction of sp³-hybridized carbons (Fsp3) is 0.412. The topological polar surface area (TPSA) is 20.2 Å². The minimum absolute atomic E-state index is 0.463. The average molecular weight is 272 g/mol. The molecule has 2 aromatic rings. The zero-order valence-corrected chi connectivity index (χ0v) is 12.4. The summed E-state index contributed by atoms with van der Waals surface area (Å²) >= 11 is 1.80. The van der Waals surface area contributed by atoms with Gasteiger partial charge in [0.1, 0.15) is 6.10 Å². The Labute approximate surface area is 118 Å². The molecule has 0 radical (unpaired) electrons. The van der Waals surface area contributed by atoms with Gasteiger partial charge in [0.25, 0.3) is 0 Å². The van der Waals surface area contributed by atoms with Crippen molar-refractivity contribution in [3.63, 3.8) is 0 Å². The van der Waals surface area contributed by atoms with Crippen LogP contribution in [0.3, 0.4) is 0 Å². The lowest BCUT2D eigenvalue weighted by atomic mass is 9.96. The lowest BCUT2D eigenvalue weighted by Gasteiger charge is -2.13. The zero-order chi connectivity index (χ0) is 13.4. The normalized spacial score (nSPS) is 16.2. The van der Waals surface area contributed by atoms with E-state index >= 15 is 0 Å². The smallest absolute Gasteiger partial charge is 0.113 e. The van der Waals surface area contributed by atoms with E-state index in [0.717, 1.165) is 10.4 Å². The van der Waals surface area contributed by atoms with Gasteiger partial charge in [-0.2, -0.15) is 0 Å². The van der Waals surface area contributed by atoms with Crippen molar-refractivity contribution in [3.05, 3.63) is 56.3 Å². The molecule has 1 aromatic carbocycles. The van der Waals surface area contributed by atoms with Crippen molar-refractivity contribution in [2.45, 2.75) is 45.6 Å². The number of rotatable bonds is 2. The second kappa shape index (κ2) is 5.10. The molecule has 100 valence electrons. The Hall–Kier alpha value is -1.12. The molecule has 0 spiro atoms. The quantitative estimate of drug-likeness (QED) is 0.863. The summed E-state index contributed by atoms with van der Waals surface area (Å²) in [5, 5.41) is 10.7. The van der Waals surface area contributed by atoms with Crippen LogP contribution in [-0.2, 0) is 12.8 Å². The Kier molecular flexibility index (Phi) is 3.46. The molecular weight excluding hydrogens is 252 g/mol. The van der Waals surface area contributed by atoms with Gasteiger partial charge in [-0.05, 0) is 67.9 Å². The largest absolute Gasteiger partial charge is 0.383 e. The molecule has 1 atom stereocenters. The van der Waals surface area contributed by atoms with Gasteiger partial charge in [-0.3, -0.25) is 0 Å². The minimum atomic E-state index is -0.463. The zero-order valence-electron chi connectivity index (χ0n) is 11.6. The van der Waals surface area contributed by atoms with Gasteiger partial charge < -0.3 is 5.11 Å². The number of aliphatic hydroxyl groups excluding tert-OH is 1. The van der Waals surface area contributed by atoms with Crippen LogP contribution in [0.15, 0.2) is 24.3 Å². The van der Waals surface area contributed by atoms with E-state index in [2.05, 4.69) is 26.0 Å². The summed E-state index contributed by atoms with van der Waals surface area (Å²) in [6.45, 7) is 4.20. The lowest BCUT2D eigenvalue weighted by molar-refractivity contribution is 0.223. The summed E-state index contributed by atoms with van der Waals surface area (Å²) < 4.78 is 0. The first kappa shape index (κ1) is 12.9. The molecule has 0 saturated carbocycles. The minimum Gasteiger partial charge on any atom is -0.383 e. The van der Waals surface area contributed by atoms with Gasteiger partial charge in [0, 0.05) is 9.75 Å². The average Bonchev–Trinajstić information content (AvgIpc) is 2.85. The first-order valence-electron chi connectivity index (χ1n) is 7.02. The van der Waals surface area contributed by atoms with E-state index in [9.17, 15) is 5.11 Å². The highest BCUT2D eigenvalue weighted by molar-refractivity contribution is 7.12. The van der Waals surface area contributed by atoms with Crippen molar-refractivity contribution in [3.8, 4) is 0 Å². The van der Waals surface area contributed by atoms with Crippen molar-refractivity contribution >= 4 is 11.3 Å². The first-order valence-corrected chi connectivity index (χ1v) is 7.84. The van der Waals surface area contributed by atoms with Gasteiger partial charge in [-0.1, -0.05) is 18.2 Å². The molecule has 1 heterocycles. The standard InChI is InChI=1S/C17H20OS/c1-11-6-5-8-14(12(11)2)17(18)16-10-13-7-3-4-9-15(13)19-16/h5-6,8,10,17-18H,3-4,7,9H2,1-2H3. The summed E-state index contributed by atoms with van der Waals surface area (Å²) in [6, 6.07) is 8.41. The molecule has 1 aromatic heterocycles. The second-order valence-electron chi connectivity index (χ2n) is 5.50. The van der Waals surface area contributed by atoms with Gasteiger partial charge in [0.05, 0.1) is 0 Å². The molecule has 0 aliphatic heterocycles. The van der Waals surface area contributed by atoms with Gasteiger partial charge >= 0.3 is 0 Å². The van der Waals surface area contributed by atoms with Crippen molar-refractivity contribution in [2.75, 3.05) is 0 Å². The monoisotopic (exact) mass is 272 g/mol. The molecule has 1 nitrogen and oxygen atoms in total. The van der Waals surface area contributed by atoms with E-state index in [4.69, 9.17) is 0 Å². The number of hydrogen-bond acceptors (Lipinski definition) is 2. The third-order valence-corrected chi connectivity index (χ3v) is 5.52. The fourth-order valence-electron chi connectivity index (χ4n) is 2.87. The van der Waals surface area contributed by atoms with Crippen molar-refractivity contribution in [1.29, 1.82) is 0 Å². The van der Waals surface area contributed by atoms with Crippen LogP contribution in [0.25, 0.3) is 0 Å². The number of aryl methyl sites for hydroxylation is 3. The molecule has 3 rings (SSSR count). The summed E-state index contributed by atoms with van der Waals surface area (Å²) in [6.07, 6.45) is 4.51. The van der Waals surface area contributed by atoms with Gasteiger partial charge in [-0.25, -0.2) is 0 Å². The molecule has 1 aliphatic rings. The molecule has 19 heavy (non-hydrogen) atoms. The SMILES string of the molecule is Cc1cccc(C(O)c2cc3c(s2)CCCC3)c1C. The lowest BCUT2D eigenvalue weighted by Crippen LogP contribution is -2.01. The number of benzene rings is 1. The van der Waals surface area contributed by atoms with Crippen LogP contribution in [-0.4, -0.2) is 5.11 Å². The Morgan fingerprint density at radius 3 is 2.74 bits per heavy atom. The molecule has 1 unspecified atom stereocenters.